The van der Waals surface area contributed by atoms with Gasteiger partial charge in [-0.3, -0.25) is 4.79 Å². The molecule has 0 aliphatic carbocycles. The summed E-state index contributed by atoms with van der Waals surface area (Å²) in [6.45, 7) is 7.87. The van der Waals surface area contributed by atoms with Gasteiger partial charge in [-0.15, -0.1) is 6.58 Å². The van der Waals surface area contributed by atoms with Gasteiger partial charge in [-0.1, -0.05) is 44.2 Å². The molecule has 0 fully saturated rings. The van der Waals surface area contributed by atoms with E-state index in [9.17, 15) is 13.2 Å². The van der Waals surface area contributed by atoms with Crippen molar-refractivity contribution in [3.63, 3.8) is 0 Å². The van der Waals surface area contributed by atoms with Crippen molar-refractivity contribution in [1.82, 2.24) is 4.31 Å². The zero-order valence-corrected chi connectivity index (χ0v) is 17.0. The molecule has 6 nitrogen and oxygen atoms in total. The zero-order chi connectivity index (χ0) is 20.6. The number of amides is 1. The number of ether oxygens (including phenoxy) is 1. The first-order chi connectivity index (χ1) is 13.4. The Labute approximate surface area is 166 Å². The minimum atomic E-state index is -3.59. The number of hydrogen-bond donors (Lipinski definition) is 1. The molecule has 150 valence electrons. The van der Waals surface area contributed by atoms with E-state index in [-0.39, 0.29) is 17.4 Å². The van der Waals surface area contributed by atoms with Crippen LogP contribution in [0.1, 0.15) is 19.4 Å². The molecule has 28 heavy (non-hydrogen) atoms. The van der Waals surface area contributed by atoms with Crippen LogP contribution < -0.4 is 10.1 Å². The van der Waals surface area contributed by atoms with Crippen LogP contribution in [-0.4, -0.2) is 38.3 Å². The topological polar surface area (TPSA) is 75.7 Å². The standard InChI is InChI=1S/C21H26N2O4S/c1-4-10-17-11-7-8-14-20(17)27-16-21(24)22-18-12-9-13-19(15-18)28(25,26)23(5-2)6-3/h4,7-9,11-15H,1,5-6,10,16H2,2-3H3,(H,22,24). The minimum Gasteiger partial charge on any atom is -0.483 e. The summed E-state index contributed by atoms with van der Waals surface area (Å²) in [7, 11) is -3.59. The fourth-order valence-electron chi connectivity index (χ4n) is 2.76. The molecule has 2 rings (SSSR count). The van der Waals surface area contributed by atoms with Crippen LogP contribution in [0.5, 0.6) is 5.75 Å². The van der Waals surface area contributed by atoms with Crippen molar-refractivity contribution in [2.45, 2.75) is 25.2 Å². The monoisotopic (exact) mass is 402 g/mol. The summed E-state index contributed by atoms with van der Waals surface area (Å²) in [6, 6.07) is 13.7. The van der Waals surface area contributed by atoms with Gasteiger partial charge in [-0.25, -0.2) is 8.42 Å². The Morgan fingerprint density at radius 1 is 1.14 bits per heavy atom. The lowest BCUT2D eigenvalue weighted by molar-refractivity contribution is -0.118. The highest BCUT2D eigenvalue weighted by atomic mass is 32.2. The van der Waals surface area contributed by atoms with Crippen molar-refractivity contribution >= 4 is 21.6 Å². The minimum absolute atomic E-state index is 0.145. The van der Waals surface area contributed by atoms with Crippen molar-refractivity contribution < 1.29 is 17.9 Å². The molecule has 0 saturated carbocycles. The van der Waals surface area contributed by atoms with E-state index >= 15 is 0 Å². The number of carbonyl (C=O) groups excluding carboxylic acids is 1. The number of rotatable bonds is 10. The Morgan fingerprint density at radius 2 is 1.86 bits per heavy atom. The van der Waals surface area contributed by atoms with Gasteiger partial charge in [0.25, 0.3) is 5.91 Å². The lowest BCUT2D eigenvalue weighted by Crippen LogP contribution is -2.30. The second-order valence-corrected chi connectivity index (χ2v) is 7.99. The van der Waals surface area contributed by atoms with Crippen LogP contribution in [0.2, 0.25) is 0 Å². The number of carbonyl (C=O) groups is 1. The average Bonchev–Trinajstić information content (AvgIpc) is 2.68. The predicted octanol–water partition coefficient (Wildman–Crippen LogP) is 3.46. The summed E-state index contributed by atoms with van der Waals surface area (Å²) >= 11 is 0. The average molecular weight is 403 g/mol. The summed E-state index contributed by atoms with van der Waals surface area (Å²) < 4.78 is 32.2. The van der Waals surface area contributed by atoms with E-state index in [1.807, 2.05) is 18.2 Å². The Balaban J connectivity index is 2.06. The number of sulfonamides is 1. The normalized spacial score (nSPS) is 11.2. The summed E-state index contributed by atoms with van der Waals surface area (Å²) in [5.41, 5.74) is 1.35. The summed E-state index contributed by atoms with van der Waals surface area (Å²) in [6.07, 6.45) is 2.41. The van der Waals surface area contributed by atoms with E-state index in [2.05, 4.69) is 11.9 Å². The number of benzene rings is 2. The number of anilines is 1. The van der Waals surface area contributed by atoms with Gasteiger partial charge in [-0.05, 0) is 36.2 Å². The lowest BCUT2D eigenvalue weighted by Gasteiger charge is -2.19. The van der Waals surface area contributed by atoms with Crippen LogP contribution in [0.4, 0.5) is 5.69 Å². The number of nitrogens with zero attached hydrogens (tertiary/aromatic N) is 1. The number of hydrogen-bond acceptors (Lipinski definition) is 4. The third kappa shape index (κ3) is 5.43. The van der Waals surface area contributed by atoms with Gasteiger partial charge in [0.05, 0.1) is 4.90 Å². The second-order valence-electron chi connectivity index (χ2n) is 6.05. The molecule has 0 aliphatic heterocycles. The number of nitrogens with one attached hydrogen (secondary N) is 1. The molecule has 0 atom stereocenters. The summed E-state index contributed by atoms with van der Waals surface area (Å²) in [4.78, 5) is 12.4. The van der Waals surface area contributed by atoms with Crippen molar-refractivity contribution in [3.05, 3.63) is 66.7 Å². The summed E-state index contributed by atoms with van der Waals surface area (Å²) in [5.74, 6) is 0.251. The summed E-state index contributed by atoms with van der Waals surface area (Å²) in [5, 5.41) is 2.68. The van der Waals surface area contributed by atoms with Crippen LogP contribution >= 0.6 is 0 Å². The van der Waals surface area contributed by atoms with Gasteiger partial charge in [0.2, 0.25) is 10.0 Å². The van der Waals surface area contributed by atoms with E-state index in [0.717, 1.165) is 5.56 Å². The van der Waals surface area contributed by atoms with Crippen LogP contribution in [0.25, 0.3) is 0 Å². The number of para-hydroxylation sites is 1. The molecule has 2 aromatic rings. The smallest absolute Gasteiger partial charge is 0.262 e. The highest BCUT2D eigenvalue weighted by Gasteiger charge is 2.21. The van der Waals surface area contributed by atoms with Crippen molar-refractivity contribution in [2.75, 3.05) is 25.0 Å². The van der Waals surface area contributed by atoms with Gasteiger partial charge in [-0.2, -0.15) is 4.31 Å². The second kappa shape index (κ2) is 10.1. The van der Waals surface area contributed by atoms with Gasteiger partial charge in [0.1, 0.15) is 5.75 Å². The van der Waals surface area contributed by atoms with E-state index in [1.165, 1.54) is 16.4 Å². The molecule has 0 aromatic heterocycles. The molecule has 0 radical (unpaired) electrons. The van der Waals surface area contributed by atoms with E-state index in [4.69, 9.17) is 4.74 Å². The molecule has 2 aromatic carbocycles. The van der Waals surface area contributed by atoms with Crippen molar-refractivity contribution in [3.8, 4) is 5.75 Å². The van der Waals surface area contributed by atoms with Gasteiger partial charge < -0.3 is 10.1 Å². The Kier molecular flexibility index (Phi) is 7.78. The molecule has 0 spiro atoms. The fraction of sp³-hybridized carbons (Fsp3) is 0.286. The van der Waals surface area contributed by atoms with E-state index in [0.29, 0.717) is 30.9 Å². The molecular formula is C21H26N2O4S. The maximum Gasteiger partial charge on any atom is 0.262 e. The lowest BCUT2D eigenvalue weighted by atomic mass is 10.1. The maximum atomic E-state index is 12.6. The third-order valence-electron chi connectivity index (χ3n) is 4.16. The molecule has 0 heterocycles. The molecule has 0 bridgehead atoms. The van der Waals surface area contributed by atoms with E-state index in [1.54, 1.807) is 38.1 Å². The molecule has 1 amide bonds. The van der Waals surface area contributed by atoms with Gasteiger partial charge in [0, 0.05) is 18.8 Å². The third-order valence-corrected chi connectivity index (χ3v) is 6.20. The molecule has 1 N–H and O–H groups in total. The van der Waals surface area contributed by atoms with Crippen LogP contribution in [0.3, 0.4) is 0 Å². The number of allylic oxidation sites excluding steroid dienone is 1. The highest BCUT2D eigenvalue weighted by Crippen LogP contribution is 2.21. The zero-order valence-electron chi connectivity index (χ0n) is 16.2. The molecule has 7 heteroatoms. The van der Waals surface area contributed by atoms with E-state index < -0.39 is 10.0 Å². The molecule has 0 unspecified atom stereocenters. The highest BCUT2D eigenvalue weighted by molar-refractivity contribution is 7.89. The van der Waals surface area contributed by atoms with Crippen molar-refractivity contribution in [2.24, 2.45) is 0 Å². The largest absolute Gasteiger partial charge is 0.483 e. The quantitative estimate of drug-likeness (QED) is 0.618. The maximum absolute atomic E-state index is 12.6. The van der Waals surface area contributed by atoms with Crippen molar-refractivity contribution in [1.29, 1.82) is 0 Å². The van der Waals surface area contributed by atoms with Gasteiger partial charge in [0.15, 0.2) is 6.61 Å². The first kappa shape index (κ1) is 21.7. The van der Waals surface area contributed by atoms with Crippen LogP contribution in [0, 0.1) is 0 Å². The Bertz CT molecular complexity index is 922. The Morgan fingerprint density at radius 3 is 2.54 bits per heavy atom. The molecular weight excluding hydrogens is 376 g/mol. The first-order valence-corrected chi connectivity index (χ1v) is 10.6. The first-order valence-electron chi connectivity index (χ1n) is 9.14. The fourth-order valence-corrected chi connectivity index (χ4v) is 4.26. The molecule has 0 saturated heterocycles. The molecule has 0 aliphatic rings. The predicted molar refractivity (Wildman–Crippen MR) is 111 cm³/mol. The van der Waals surface area contributed by atoms with Gasteiger partial charge >= 0.3 is 0 Å². The Hall–Kier alpha value is -2.64. The van der Waals surface area contributed by atoms with Crippen LogP contribution in [0.15, 0.2) is 66.1 Å². The van der Waals surface area contributed by atoms with Crippen LogP contribution in [-0.2, 0) is 21.2 Å². The SMILES string of the molecule is C=CCc1ccccc1OCC(=O)Nc1cccc(S(=O)(=O)N(CC)CC)c1.